The van der Waals surface area contributed by atoms with Gasteiger partial charge in [0.2, 0.25) is 10.0 Å². The molecule has 0 aromatic heterocycles. The van der Waals surface area contributed by atoms with Gasteiger partial charge in [-0.15, -0.1) is 0 Å². The molecular weight excluding hydrogens is 314 g/mol. The maximum absolute atomic E-state index is 12.4. The van der Waals surface area contributed by atoms with Gasteiger partial charge in [-0.1, -0.05) is 18.2 Å². The van der Waals surface area contributed by atoms with Gasteiger partial charge in [0.15, 0.2) is 0 Å². The smallest absolute Gasteiger partial charge is 0.214 e. The molecule has 1 N–H and O–H groups in total. The second-order valence-corrected chi connectivity index (χ2v) is 8.53. The molecule has 1 spiro atoms. The number of sulfonamides is 1. The largest absolute Gasteiger partial charge is 0.487 e. The van der Waals surface area contributed by atoms with Crippen LogP contribution in [0.5, 0.6) is 5.75 Å². The van der Waals surface area contributed by atoms with Crippen molar-refractivity contribution in [1.29, 1.82) is 0 Å². The van der Waals surface area contributed by atoms with Gasteiger partial charge in [0.25, 0.3) is 0 Å². The molecule has 0 amide bonds. The molecule has 0 radical (unpaired) electrons. The van der Waals surface area contributed by atoms with Crippen molar-refractivity contribution in [3.05, 3.63) is 29.8 Å². The normalized spacial score (nSPS) is 24.2. The van der Waals surface area contributed by atoms with Crippen LogP contribution in [0.3, 0.4) is 0 Å². The van der Waals surface area contributed by atoms with E-state index in [1.165, 1.54) is 7.11 Å². The van der Waals surface area contributed by atoms with Gasteiger partial charge in [-0.3, -0.25) is 0 Å². The van der Waals surface area contributed by atoms with Gasteiger partial charge in [-0.05, 0) is 38.7 Å². The molecule has 2 aliphatic rings. The molecule has 1 fully saturated rings. The van der Waals surface area contributed by atoms with E-state index in [9.17, 15) is 8.42 Å². The Morgan fingerprint density at radius 3 is 2.74 bits per heavy atom. The molecule has 2 atom stereocenters. The van der Waals surface area contributed by atoms with E-state index in [2.05, 4.69) is 4.72 Å². The summed E-state index contributed by atoms with van der Waals surface area (Å²) in [6.45, 7) is 1.76. The molecule has 0 bridgehead atoms. The van der Waals surface area contributed by atoms with Crippen molar-refractivity contribution in [3.63, 3.8) is 0 Å². The van der Waals surface area contributed by atoms with Crippen molar-refractivity contribution < 1.29 is 17.9 Å². The molecule has 23 heavy (non-hydrogen) atoms. The predicted molar refractivity (Wildman–Crippen MR) is 89.0 cm³/mol. The lowest BCUT2D eigenvalue weighted by molar-refractivity contribution is 0.0402. The first-order valence-electron chi connectivity index (χ1n) is 8.24. The van der Waals surface area contributed by atoms with Crippen LogP contribution in [0, 0.1) is 0 Å². The molecule has 5 nitrogen and oxygen atoms in total. The second-order valence-electron chi connectivity index (χ2n) is 6.73. The van der Waals surface area contributed by atoms with Crippen molar-refractivity contribution in [2.45, 2.75) is 56.8 Å². The number of hydrogen-bond donors (Lipinski definition) is 1. The highest BCUT2D eigenvalue weighted by molar-refractivity contribution is 7.89. The maximum Gasteiger partial charge on any atom is 0.214 e. The van der Waals surface area contributed by atoms with Crippen LogP contribution in [0.25, 0.3) is 0 Å². The molecule has 0 unspecified atom stereocenters. The molecule has 0 saturated heterocycles. The van der Waals surface area contributed by atoms with E-state index in [1.807, 2.05) is 24.3 Å². The Labute approximate surface area is 138 Å². The molecule has 1 aliphatic carbocycles. The van der Waals surface area contributed by atoms with Crippen LogP contribution >= 0.6 is 0 Å². The van der Waals surface area contributed by atoms with Crippen LogP contribution in [-0.2, 0) is 14.8 Å². The average molecular weight is 339 g/mol. The van der Waals surface area contributed by atoms with Gasteiger partial charge >= 0.3 is 0 Å². The minimum atomic E-state index is -3.41. The van der Waals surface area contributed by atoms with Crippen LogP contribution in [0.15, 0.2) is 24.3 Å². The molecule has 1 aliphatic heterocycles. The number of benzene rings is 1. The third-order valence-electron chi connectivity index (χ3n) is 4.89. The van der Waals surface area contributed by atoms with Crippen LogP contribution in [0.1, 0.15) is 50.6 Å². The highest BCUT2D eigenvalue weighted by Crippen LogP contribution is 2.47. The molecule has 1 aromatic carbocycles. The topological polar surface area (TPSA) is 64.6 Å². The number of hydrogen-bond acceptors (Lipinski definition) is 4. The highest BCUT2D eigenvalue weighted by Gasteiger charge is 2.43. The van der Waals surface area contributed by atoms with E-state index in [0.29, 0.717) is 6.42 Å². The average Bonchev–Trinajstić information content (AvgIpc) is 2.93. The summed E-state index contributed by atoms with van der Waals surface area (Å²) in [5.74, 6) is 0.781. The summed E-state index contributed by atoms with van der Waals surface area (Å²) in [4.78, 5) is 0. The quantitative estimate of drug-likeness (QED) is 0.896. The zero-order valence-electron chi connectivity index (χ0n) is 13.7. The van der Waals surface area contributed by atoms with Gasteiger partial charge in [0.05, 0.1) is 17.9 Å². The Bertz CT molecular complexity index is 652. The first kappa shape index (κ1) is 16.7. The second kappa shape index (κ2) is 6.42. The fourth-order valence-corrected chi connectivity index (χ4v) is 5.18. The number of rotatable bonds is 5. The van der Waals surface area contributed by atoms with E-state index >= 15 is 0 Å². The highest BCUT2D eigenvalue weighted by atomic mass is 32.2. The number of para-hydroxylation sites is 1. The number of methoxy groups -OCH3 is 1. The molecule has 1 aromatic rings. The summed E-state index contributed by atoms with van der Waals surface area (Å²) in [5.41, 5.74) is 0.715. The fourth-order valence-electron chi connectivity index (χ4n) is 3.69. The predicted octanol–water partition coefficient (Wildman–Crippen LogP) is 2.78. The number of nitrogens with one attached hydrogen (secondary N) is 1. The monoisotopic (exact) mass is 339 g/mol. The molecular formula is C17H25NO4S. The minimum Gasteiger partial charge on any atom is -0.487 e. The summed E-state index contributed by atoms with van der Waals surface area (Å²) < 4.78 is 39.1. The van der Waals surface area contributed by atoms with Crippen molar-refractivity contribution in [2.75, 3.05) is 12.9 Å². The minimum absolute atomic E-state index is 0.0317. The van der Waals surface area contributed by atoms with Crippen molar-refractivity contribution in [3.8, 4) is 5.75 Å². The first-order chi connectivity index (χ1) is 10.9. The lowest BCUT2D eigenvalue weighted by atomic mass is 9.86. The summed E-state index contributed by atoms with van der Waals surface area (Å²) in [7, 11) is -1.89. The standard InChI is InChI=1S/C17H25NO4S/c1-13(21-2)12-23(19,20)18-15-11-17(9-5-6-10-17)22-16-8-4-3-7-14(15)16/h3-4,7-8,13,15,18H,5-6,9-12H2,1-2H3/t13-,15-/m1/s1. The van der Waals surface area contributed by atoms with Gasteiger partial charge in [-0.2, -0.15) is 0 Å². The van der Waals surface area contributed by atoms with Gasteiger partial charge < -0.3 is 9.47 Å². The van der Waals surface area contributed by atoms with E-state index < -0.39 is 10.0 Å². The number of fused-ring (bicyclic) bond motifs is 1. The van der Waals surface area contributed by atoms with Crippen molar-refractivity contribution in [2.24, 2.45) is 0 Å². The SMILES string of the molecule is CO[C@H](C)CS(=O)(=O)N[C@@H]1CC2(CCCC2)Oc2ccccc21. The summed E-state index contributed by atoms with van der Waals surface area (Å²) in [6, 6.07) is 7.52. The van der Waals surface area contributed by atoms with Gasteiger partial charge in [0.1, 0.15) is 11.4 Å². The zero-order chi connectivity index (χ0) is 16.5. The van der Waals surface area contributed by atoms with Gasteiger partial charge in [-0.25, -0.2) is 13.1 Å². The molecule has 128 valence electrons. The Balaban J connectivity index is 1.85. The Kier molecular flexibility index (Phi) is 4.67. The number of ether oxygens (including phenoxy) is 2. The van der Waals surface area contributed by atoms with Crippen LogP contribution in [0.2, 0.25) is 0 Å². The summed E-state index contributed by atoms with van der Waals surface area (Å²) in [5, 5.41) is 0. The lowest BCUT2D eigenvalue weighted by Gasteiger charge is -2.40. The third-order valence-corrected chi connectivity index (χ3v) is 6.44. The van der Waals surface area contributed by atoms with Crippen molar-refractivity contribution in [1.82, 2.24) is 4.72 Å². The van der Waals surface area contributed by atoms with E-state index in [1.54, 1.807) is 6.92 Å². The van der Waals surface area contributed by atoms with Crippen LogP contribution in [0.4, 0.5) is 0 Å². The Morgan fingerprint density at radius 2 is 2.04 bits per heavy atom. The molecule has 1 saturated carbocycles. The third kappa shape index (κ3) is 3.70. The first-order valence-corrected chi connectivity index (χ1v) is 9.89. The van der Waals surface area contributed by atoms with E-state index in [4.69, 9.17) is 9.47 Å². The molecule has 6 heteroatoms. The van der Waals surface area contributed by atoms with Crippen LogP contribution < -0.4 is 9.46 Å². The Hall–Kier alpha value is -1.11. The summed E-state index contributed by atoms with van der Waals surface area (Å²) >= 11 is 0. The lowest BCUT2D eigenvalue weighted by Crippen LogP contribution is -2.44. The molecule has 3 rings (SSSR count). The summed E-state index contributed by atoms with van der Waals surface area (Å²) in [6.07, 6.45) is 4.64. The Morgan fingerprint density at radius 1 is 1.35 bits per heavy atom. The maximum atomic E-state index is 12.4. The fraction of sp³-hybridized carbons (Fsp3) is 0.647. The van der Waals surface area contributed by atoms with E-state index in [0.717, 1.165) is 37.0 Å². The molecule has 1 heterocycles. The van der Waals surface area contributed by atoms with Crippen LogP contribution in [-0.4, -0.2) is 33.0 Å². The van der Waals surface area contributed by atoms with Gasteiger partial charge in [0, 0.05) is 19.1 Å². The zero-order valence-corrected chi connectivity index (χ0v) is 14.6. The van der Waals surface area contributed by atoms with Crippen molar-refractivity contribution >= 4 is 10.0 Å². The van der Waals surface area contributed by atoms with E-state index in [-0.39, 0.29) is 23.5 Å².